The largest absolute Gasteiger partial charge is 0.462 e. The molecule has 0 aliphatic carbocycles. The number of ether oxygens (including phenoxy) is 3. The molecule has 0 rings (SSSR count). The van der Waals surface area contributed by atoms with Gasteiger partial charge in [0.2, 0.25) is 0 Å². The molecular weight excluding hydrogens is 636 g/mol. The Kier molecular flexibility index (Phi) is 39.4. The Morgan fingerprint density at radius 1 is 0.373 bits per heavy atom. The lowest BCUT2D eigenvalue weighted by Crippen LogP contribution is -2.30. The van der Waals surface area contributed by atoms with Crippen LogP contribution in [0.1, 0.15) is 239 Å². The van der Waals surface area contributed by atoms with Crippen molar-refractivity contribution in [1.29, 1.82) is 0 Å². The first-order valence-corrected chi connectivity index (χ1v) is 22.2. The van der Waals surface area contributed by atoms with Crippen LogP contribution in [-0.4, -0.2) is 37.2 Å². The van der Waals surface area contributed by atoms with E-state index in [0.717, 1.165) is 64.2 Å². The maximum Gasteiger partial charge on any atom is 0.306 e. The van der Waals surface area contributed by atoms with Crippen LogP contribution in [0, 0.1) is 0 Å². The van der Waals surface area contributed by atoms with Gasteiger partial charge in [-0.3, -0.25) is 14.4 Å². The number of unbranched alkanes of at least 4 members (excludes halogenated alkanes) is 27. The number of rotatable bonds is 40. The molecule has 0 aliphatic rings. The highest BCUT2D eigenvalue weighted by molar-refractivity contribution is 5.71. The molecule has 0 spiro atoms. The minimum Gasteiger partial charge on any atom is -0.462 e. The van der Waals surface area contributed by atoms with Gasteiger partial charge in [-0.05, 0) is 44.9 Å². The van der Waals surface area contributed by atoms with Gasteiger partial charge < -0.3 is 14.2 Å². The molecule has 0 amide bonds. The van der Waals surface area contributed by atoms with E-state index < -0.39 is 6.10 Å². The van der Waals surface area contributed by atoms with Crippen molar-refractivity contribution in [3.05, 3.63) is 12.2 Å². The second-order valence-corrected chi connectivity index (χ2v) is 15.0. The summed E-state index contributed by atoms with van der Waals surface area (Å²) < 4.78 is 16.6. The zero-order valence-corrected chi connectivity index (χ0v) is 34.1. The van der Waals surface area contributed by atoms with Crippen LogP contribution in [0.5, 0.6) is 0 Å². The number of allylic oxidation sites excluding steroid dienone is 2. The molecule has 0 heterocycles. The lowest BCUT2D eigenvalue weighted by atomic mass is 10.0. The van der Waals surface area contributed by atoms with E-state index in [4.69, 9.17) is 14.2 Å². The standard InChI is InChI=1S/C45H84O6/c1-4-7-10-13-16-19-21-23-25-26-29-32-35-38-44(47)50-41-42(40-49-43(46)37-34-31-28-18-15-12-9-6-3)51-45(48)39-36-33-30-27-24-22-20-17-14-11-8-5-2/h17,20,42H,4-16,18-19,21-41H2,1-3H3/b20-17-. The molecule has 0 radical (unpaired) electrons. The van der Waals surface area contributed by atoms with Crippen molar-refractivity contribution in [3.8, 4) is 0 Å². The van der Waals surface area contributed by atoms with Gasteiger partial charge in [0.15, 0.2) is 6.10 Å². The van der Waals surface area contributed by atoms with Gasteiger partial charge in [0.25, 0.3) is 0 Å². The molecular formula is C45H84O6. The van der Waals surface area contributed by atoms with E-state index in [1.165, 1.54) is 135 Å². The quantitative estimate of drug-likeness (QED) is 0.0271. The average molecular weight is 721 g/mol. The molecule has 1 unspecified atom stereocenters. The molecule has 0 aromatic carbocycles. The molecule has 6 heteroatoms. The molecule has 0 saturated carbocycles. The Balaban J connectivity index is 4.32. The Bertz CT molecular complexity index is 794. The predicted octanol–water partition coefficient (Wildman–Crippen LogP) is 13.9. The summed E-state index contributed by atoms with van der Waals surface area (Å²) in [4.78, 5) is 37.6. The lowest BCUT2D eigenvalue weighted by molar-refractivity contribution is -0.167. The highest BCUT2D eigenvalue weighted by Crippen LogP contribution is 2.15. The smallest absolute Gasteiger partial charge is 0.306 e. The van der Waals surface area contributed by atoms with Crippen LogP contribution in [0.15, 0.2) is 12.2 Å². The summed E-state index contributed by atoms with van der Waals surface area (Å²) in [6.07, 6.45) is 41.9. The van der Waals surface area contributed by atoms with Gasteiger partial charge in [-0.1, -0.05) is 187 Å². The second-order valence-electron chi connectivity index (χ2n) is 15.0. The van der Waals surface area contributed by atoms with Gasteiger partial charge >= 0.3 is 17.9 Å². The van der Waals surface area contributed by atoms with Gasteiger partial charge in [0.1, 0.15) is 13.2 Å². The molecule has 0 N–H and O–H groups in total. The van der Waals surface area contributed by atoms with Crippen LogP contribution in [0.4, 0.5) is 0 Å². The number of hydrogen-bond donors (Lipinski definition) is 0. The molecule has 0 aromatic rings. The summed E-state index contributed by atoms with van der Waals surface area (Å²) in [6, 6.07) is 0. The van der Waals surface area contributed by atoms with Gasteiger partial charge in [0, 0.05) is 19.3 Å². The predicted molar refractivity (Wildman–Crippen MR) is 215 cm³/mol. The minimum atomic E-state index is -0.764. The van der Waals surface area contributed by atoms with Crippen molar-refractivity contribution in [2.75, 3.05) is 13.2 Å². The fourth-order valence-electron chi connectivity index (χ4n) is 6.38. The zero-order valence-electron chi connectivity index (χ0n) is 34.1. The van der Waals surface area contributed by atoms with Gasteiger partial charge in [0.05, 0.1) is 0 Å². The number of carbonyl (C=O) groups excluding carboxylic acids is 3. The third kappa shape index (κ3) is 39.2. The molecule has 0 aliphatic heterocycles. The van der Waals surface area contributed by atoms with E-state index in [0.29, 0.717) is 19.3 Å². The molecule has 51 heavy (non-hydrogen) atoms. The van der Waals surface area contributed by atoms with Gasteiger partial charge in [-0.15, -0.1) is 0 Å². The van der Waals surface area contributed by atoms with E-state index >= 15 is 0 Å². The molecule has 6 nitrogen and oxygen atoms in total. The Morgan fingerprint density at radius 3 is 1.02 bits per heavy atom. The van der Waals surface area contributed by atoms with Crippen LogP contribution in [0.25, 0.3) is 0 Å². The summed E-state index contributed by atoms with van der Waals surface area (Å²) in [5.74, 6) is -0.877. The highest BCUT2D eigenvalue weighted by atomic mass is 16.6. The van der Waals surface area contributed by atoms with E-state index in [1.807, 2.05) is 0 Å². The molecule has 0 aromatic heterocycles. The van der Waals surface area contributed by atoms with E-state index in [2.05, 4.69) is 32.9 Å². The first kappa shape index (κ1) is 49.1. The van der Waals surface area contributed by atoms with Crippen molar-refractivity contribution < 1.29 is 28.6 Å². The second kappa shape index (κ2) is 40.9. The van der Waals surface area contributed by atoms with Gasteiger partial charge in [-0.2, -0.15) is 0 Å². The topological polar surface area (TPSA) is 78.9 Å². The average Bonchev–Trinajstić information content (AvgIpc) is 3.12. The minimum absolute atomic E-state index is 0.0694. The highest BCUT2D eigenvalue weighted by Gasteiger charge is 2.19. The van der Waals surface area contributed by atoms with Crippen molar-refractivity contribution >= 4 is 17.9 Å². The third-order valence-corrected chi connectivity index (χ3v) is 9.77. The van der Waals surface area contributed by atoms with E-state index in [-0.39, 0.29) is 31.1 Å². The monoisotopic (exact) mass is 721 g/mol. The van der Waals surface area contributed by atoms with Crippen molar-refractivity contribution in [1.82, 2.24) is 0 Å². The normalized spacial score (nSPS) is 12.0. The number of carbonyl (C=O) groups is 3. The zero-order chi connectivity index (χ0) is 37.3. The summed E-state index contributed by atoms with van der Waals surface area (Å²) in [7, 11) is 0. The fourth-order valence-corrected chi connectivity index (χ4v) is 6.38. The fraction of sp³-hybridized carbons (Fsp3) is 0.889. The molecule has 0 saturated heterocycles. The van der Waals surface area contributed by atoms with Gasteiger partial charge in [-0.25, -0.2) is 0 Å². The lowest BCUT2D eigenvalue weighted by Gasteiger charge is -2.18. The maximum absolute atomic E-state index is 12.7. The van der Waals surface area contributed by atoms with Crippen LogP contribution in [0.3, 0.4) is 0 Å². The van der Waals surface area contributed by atoms with Crippen molar-refractivity contribution in [3.63, 3.8) is 0 Å². The maximum atomic E-state index is 12.7. The van der Waals surface area contributed by atoms with E-state index in [1.54, 1.807) is 0 Å². The SMILES string of the molecule is CCCCC/C=C\CCCCCCCC(=O)OC(COC(=O)CCCCCCCCCC)COC(=O)CCCCCCCCCCCCCCC. The molecule has 300 valence electrons. The first-order valence-electron chi connectivity index (χ1n) is 22.2. The van der Waals surface area contributed by atoms with Crippen LogP contribution in [0.2, 0.25) is 0 Å². The van der Waals surface area contributed by atoms with Crippen LogP contribution >= 0.6 is 0 Å². The Morgan fingerprint density at radius 2 is 0.647 bits per heavy atom. The van der Waals surface area contributed by atoms with Crippen molar-refractivity contribution in [2.24, 2.45) is 0 Å². The summed E-state index contributed by atoms with van der Waals surface area (Å²) in [5.41, 5.74) is 0. The third-order valence-electron chi connectivity index (χ3n) is 9.77. The van der Waals surface area contributed by atoms with Crippen LogP contribution in [-0.2, 0) is 28.6 Å². The Hall–Kier alpha value is -1.85. The summed E-state index contributed by atoms with van der Waals surface area (Å²) in [6.45, 7) is 6.58. The molecule has 0 fully saturated rings. The van der Waals surface area contributed by atoms with E-state index in [9.17, 15) is 14.4 Å². The molecule has 0 bridgehead atoms. The number of hydrogen-bond acceptors (Lipinski definition) is 6. The summed E-state index contributed by atoms with van der Waals surface area (Å²) in [5, 5.41) is 0. The summed E-state index contributed by atoms with van der Waals surface area (Å²) >= 11 is 0. The number of esters is 3. The first-order chi connectivity index (χ1) is 25.0. The van der Waals surface area contributed by atoms with Crippen LogP contribution < -0.4 is 0 Å². The van der Waals surface area contributed by atoms with Crippen molar-refractivity contribution in [2.45, 2.75) is 245 Å². The Labute approximate surface area is 316 Å². The molecule has 1 atom stereocenters.